The third-order valence-electron chi connectivity index (χ3n) is 4.13. The standard InChI is InChI=1S/C20H20F2N2O2/c1-3-13(2)15-6-4-5-7-19(15)26-12-20(25)24-18(11-23)16-9-8-14(21)10-17(16)22/h4-10,13,18H,3,12H2,1-2H3,(H,24,25). The highest BCUT2D eigenvalue weighted by Crippen LogP contribution is 2.28. The number of amides is 1. The maximum absolute atomic E-state index is 13.8. The fourth-order valence-corrected chi connectivity index (χ4v) is 2.50. The molecular weight excluding hydrogens is 338 g/mol. The van der Waals surface area contributed by atoms with Crippen molar-refractivity contribution in [1.82, 2.24) is 5.32 Å². The largest absolute Gasteiger partial charge is 0.483 e. The van der Waals surface area contributed by atoms with Crippen LogP contribution in [0.15, 0.2) is 42.5 Å². The molecule has 2 aromatic carbocycles. The summed E-state index contributed by atoms with van der Waals surface area (Å²) in [7, 11) is 0. The molecule has 0 heterocycles. The first kappa shape index (κ1) is 19.4. The van der Waals surface area contributed by atoms with Crippen LogP contribution in [0.5, 0.6) is 5.75 Å². The van der Waals surface area contributed by atoms with E-state index >= 15 is 0 Å². The molecule has 0 aromatic heterocycles. The Bertz CT molecular complexity index is 818. The fraction of sp³-hybridized carbons (Fsp3) is 0.300. The van der Waals surface area contributed by atoms with Crippen molar-refractivity contribution >= 4 is 5.91 Å². The van der Waals surface area contributed by atoms with Gasteiger partial charge in [-0.15, -0.1) is 0 Å². The number of rotatable bonds is 7. The molecule has 0 aliphatic heterocycles. The van der Waals surface area contributed by atoms with E-state index in [0.29, 0.717) is 11.8 Å². The van der Waals surface area contributed by atoms with Gasteiger partial charge in [0.05, 0.1) is 6.07 Å². The highest BCUT2D eigenvalue weighted by atomic mass is 19.1. The SMILES string of the molecule is CCC(C)c1ccccc1OCC(=O)NC(C#N)c1ccc(F)cc1F. The molecule has 2 atom stereocenters. The highest BCUT2D eigenvalue weighted by Gasteiger charge is 2.19. The summed E-state index contributed by atoms with van der Waals surface area (Å²) in [6.45, 7) is 3.81. The second-order valence-electron chi connectivity index (χ2n) is 5.93. The van der Waals surface area contributed by atoms with Crippen LogP contribution in [0.25, 0.3) is 0 Å². The number of halogens is 2. The van der Waals surface area contributed by atoms with Crippen molar-refractivity contribution in [3.05, 3.63) is 65.2 Å². The lowest BCUT2D eigenvalue weighted by Crippen LogP contribution is -2.32. The minimum absolute atomic E-state index is 0.0951. The normalized spacial score (nSPS) is 12.7. The molecule has 26 heavy (non-hydrogen) atoms. The minimum atomic E-state index is -1.23. The Kier molecular flexibility index (Phi) is 6.67. The van der Waals surface area contributed by atoms with Gasteiger partial charge in [0.2, 0.25) is 0 Å². The first-order valence-electron chi connectivity index (χ1n) is 8.31. The number of para-hydroxylation sites is 1. The Hall–Kier alpha value is -2.94. The van der Waals surface area contributed by atoms with Gasteiger partial charge in [0.1, 0.15) is 23.4 Å². The van der Waals surface area contributed by atoms with Gasteiger partial charge in [0.25, 0.3) is 5.91 Å². The van der Waals surface area contributed by atoms with Gasteiger partial charge in [0, 0.05) is 11.6 Å². The molecule has 0 radical (unpaired) electrons. The average Bonchev–Trinajstić information content (AvgIpc) is 2.64. The number of carbonyl (C=O) groups excluding carboxylic acids is 1. The van der Waals surface area contributed by atoms with E-state index in [9.17, 15) is 18.8 Å². The third kappa shape index (κ3) is 4.79. The van der Waals surface area contributed by atoms with E-state index in [0.717, 1.165) is 24.1 Å². The Morgan fingerprint density at radius 2 is 1.96 bits per heavy atom. The lowest BCUT2D eigenvalue weighted by Gasteiger charge is -2.17. The Labute approximate surface area is 151 Å². The van der Waals surface area contributed by atoms with Crippen molar-refractivity contribution in [3.8, 4) is 11.8 Å². The molecule has 0 aliphatic rings. The molecular formula is C20H20F2N2O2. The fourth-order valence-electron chi connectivity index (χ4n) is 2.50. The van der Waals surface area contributed by atoms with Crippen molar-refractivity contribution in [2.75, 3.05) is 6.61 Å². The van der Waals surface area contributed by atoms with Crippen molar-refractivity contribution in [2.45, 2.75) is 32.2 Å². The maximum atomic E-state index is 13.8. The number of nitrogens with zero attached hydrogens (tertiary/aromatic N) is 1. The minimum Gasteiger partial charge on any atom is -0.483 e. The van der Waals surface area contributed by atoms with Crippen molar-refractivity contribution < 1.29 is 18.3 Å². The zero-order valence-corrected chi connectivity index (χ0v) is 14.6. The molecule has 1 N–H and O–H groups in total. The van der Waals surface area contributed by atoms with Crippen molar-refractivity contribution in [3.63, 3.8) is 0 Å². The van der Waals surface area contributed by atoms with E-state index in [1.807, 2.05) is 18.2 Å². The van der Waals surface area contributed by atoms with Crippen molar-refractivity contribution in [1.29, 1.82) is 5.26 Å². The monoisotopic (exact) mass is 358 g/mol. The molecule has 0 saturated carbocycles. The van der Waals surface area contributed by atoms with Crippen molar-refractivity contribution in [2.24, 2.45) is 0 Å². The van der Waals surface area contributed by atoms with E-state index in [1.54, 1.807) is 12.1 Å². The van der Waals surface area contributed by atoms with E-state index in [1.165, 1.54) is 0 Å². The third-order valence-corrected chi connectivity index (χ3v) is 4.13. The van der Waals surface area contributed by atoms with Crippen LogP contribution < -0.4 is 10.1 Å². The molecule has 0 saturated heterocycles. The van der Waals surface area contributed by atoms with Gasteiger partial charge in [0.15, 0.2) is 6.61 Å². The zero-order valence-electron chi connectivity index (χ0n) is 14.6. The van der Waals surface area contributed by atoms with E-state index < -0.39 is 23.6 Å². The van der Waals surface area contributed by atoms with Gasteiger partial charge in [-0.2, -0.15) is 5.26 Å². The molecule has 6 heteroatoms. The number of ether oxygens (including phenoxy) is 1. The second-order valence-corrected chi connectivity index (χ2v) is 5.93. The number of nitrogens with one attached hydrogen (secondary N) is 1. The van der Waals surface area contributed by atoms with Crippen LogP contribution in [0.4, 0.5) is 8.78 Å². The van der Waals surface area contributed by atoms with Crippen LogP contribution in [0.1, 0.15) is 43.4 Å². The molecule has 1 amide bonds. The molecule has 136 valence electrons. The molecule has 0 bridgehead atoms. The summed E-state index contributed by atoms with van der Waals surface area (Å²) in [5.74, 6) is -1.34. The predicted molar refractivity (Wildman–Crippen MR) is 93.5 cm³/mol. The molecule has 2 unspecified atom stereocenters. The highest BCUT2D eigenvalue weighted by molar-refractivity contribution is 5.78. The lowest BCUT2D eigenvalue weighted by molar-refractivity contribution is -0.123. The van der Waals surface area contributed by atoms with Gasteiger partial charge in [-0.1, -0.05) is 38.1 Å². The molecule has 2 rings (SSSR count). The average molecular weight is 358 g/mol. The lowest BCUT2D eigenvalue weighted by atomic mass is 9.98. The number of hydrogen-bond donors (Lipinski definition) is 1. The summed E-state index contributed by atoms with van der Waals surface area (Å²) in [6, 6.07) is 10.8. The Morgan fingerprint density at radius 3 is 2.62 bits per heavy atom. The van der Waals surface area contributed by atoms with Gasteiger partial charge >= 0.3 is 0 Å². The topological polar surface area (TPSA) is 62.1 Å². The smallest absolute Gasteiger partial charge is 0.259 e. The first-order valence-corrected chi connectivity index (χ1v) is 8.31. The van der Waals surface area contributed by atoms with Gasteiger partial charge in [-0.3, -0.25) is 4.79 Å². The summed E-state index contributed by atoms with van der Waals surface area (Å²) < 4.78 is 32.4. The van der Waals surface area contributed by atoms with Crippen LogP contribution in [-0.4, -0.2) is 12.5 Å². The quantitative estimate of drug-likeness (QED) is 0.805. The van der Waals surface area contributed by atoms with E-state index in [-0.39, 0.29) is 18.1 Å². The summed E-state index contributed by atoms with van der Waals surface area (Å²) in [4.78, 5) is 12.1. The van der Waals surface area contributed by atoms with Gasteiger partial charge < -0.3 is 10.1 Å². The zero-order chi connectivity index (χ0) is 19.1. The molecule has 4 nitrogen and oxygen atoms in total. The number of nitriles is 1. The molecule has 0 aliphatic carbocycles. The number of hydrogen-bond acceptors (Lipinski definition) is 3. The number of carbonyl (C=O) groups is 1. The summed E-state index contributed by atoms with van der Waals surface area (Å²) in [5.41, 5.74) is 0.895. The Balaban J connectivity index is 2.03. The van der Waals surface area contributed by atoms with Crippen LogP contribution in [-0.2, 0) is 4.79 Å². The number of benzene rings is 2. The second kappa shape index (κ2) is 8.95. The molecule has 2 aromatic rings. The van der Waals surface area contributed by atoms with Gasteiger partial charge in [-0.25, -0.2) is 8.78 Å². The van der Waals surface area contributed by atoms with Crippen LogP contribution in [0.2, 0.25) is 0 Å². The summed E-state index contributed by atoms with van der Waals surface area (Å²) in [6.07, 6.45) is 0.924. The first-order chi connectivity index (χ1) is 12.5. The molecule has 0 spiro atoms. The Morgan fingerprint density at radius 1 is 1.23 bits per heavy atom. The molecule has 0 fully saturated rings. The van der Waals surface area contributed by atoms with Crippen LogP contribution in [0.3, 0.4) is 0 Å². The van der Waals surface area contributed by atoms with Crippen LogP contribution >= 0.6 is 0 Å². The summed E-state index contributed by atoms with van der Waals surface area (Å²) in [5, 5.41) is 11.6. The van der Waals surface area contributed by atoms with E-state index in [2.05, 4.69) is 19.2 Å². The summed E-state index contributed by atoms with van der Waals surface area (Å²) >= 11 is 0. The predicted octanol–water partition coefficient (Wildman–Crippen LogP) is 4.24. The van der Waals surface area contributed by atoms with Crippen LogP contribution in [0, 0.1) is 23.0 Å². The van der Waals surface area contributed by atoms with Gasteiger partial charge in [-0.05, 0) is 30.0 Å². The van der Waals surface area contributed by atoms with E-state index in [4.69, 9.17) is 4.74 Å². The maximum Gasteiger partial charge on any atom is 0.259 e.